The van der Waals surface area contributed by atoms with Gasteiger partial charge in [-0.3, -0.25) is 9.48 Å². The summed E-state index contributed by atoms with van der Waals surface area (Å²) in [6, 6.07) is 9.38. The molecule has 0 spiro atoms. The molecule has 2 aromatic rings. The Morgan fingerprint density at radius 1 is 1.42 bits per heavy atom. The molecular formula is C14H15BrN2O2. The number of halogens is 1. The van der Waals surface area contributed by atoms with Crippen molar-refractivity contribution in [3.63, 3.8) is 0 Å². The van der Waals surface area contributed by atoms with Gasteiger partial charge in [0.25, 0.3) is 0 Å². The van der Waals surface area contributed by atoms with Crippen molar-refractivity contribution in [1.29, 1.82) is 0 Å². The summed E-state index contributed by atoms with van der Waals surface area (Å²) in [6.45, 7) is 0. The van der Waals surface area contributed by atoms with Crippen molar-refractivity contribution >= 4 is 21.9 Å². The highest BCUT2D eigenvalue weighted by Crippen LogP contribution is 2.28. The first kappa shape index (κ1) is 13.8. The van der Waals surface area contributed by atoms with Crippen LogP contribution in [-0.2, 0) is 18.3 Å². The molecule has 0 saturated heterocycles. The van der Waals surface area contributed by atoms with Crippen LogP contribution in [0.1, 0.15) is 23.6 Å². The normalized spacial score (nSPS) is 12.3. The maximum Gasteiger partial charge on any atom is 0.311 e. The first-order valence-electron chi connectivity index (χ1n) is 6.03. The van der Waals surface area contributed by atoms with E-state index in [9.17, 15) is 9.90 Å². The Kier molecular flexibility index (Phi) is 4.37. The molecule has 19 heavy (non-hydrogen) atoms. The van der Waals surface area contributed by atoms with Crippen LogP contribution in [0.5, 0.6) is 0 Å². The molecule has 0 aliphatic heterocycles. The van der Waals surface area contributed by atoms with Gasteiger partial charge in [0, 0.05) is 23.4 Å². The number of aromatic nitrogens is 2. The van der Waals surface area contributed by atoms with Gasteiger partial charge in [-0.1, -0.05) is 34.1 Å². The van der Waals surface area contributed by atoms with E-state index in [-0.39, 0.29) is 0 Å². The molecule has 2 rings (SSSR count). The summed E-state index contributed by atoms with van der Waals surface area (Å²) < 4.78 is 2.62. The van der Waals surface area contributed by atoms with Gasteiger partial charge in [-0.25, -0.2) is 0 Å². The Balaban J connectivity index is 2.16. The second kappa shape index (κ2) is 6.02. The molecule has 1 N–H and O–H groups in total. The summed E-state index contributed by atoms with van der Waals surface area (Å²) in [6.07, 6.45) is 2.97. The Morgan fingerprint density at radius 3 is 2.74 bits per heavy atom. The molecule has 1 heterocycles. The maximum atomic E-state index is 11.5. The van der Waals surface area contributed by atoms with Gasteiger partial charge >= 0.3 is 5.97 Å². The van der Waals surface area contributed by atoms with E-state index in [0.717, 1.165) is 15.7 Å². The van der Waals surface area contributed by atoms with Crippen molar-refractivity contribution in [3.05, 3.63) is 52.3 Å². The fourth-order valence-electron chi connectivity index (χ4n) is 2.11. The van der Waals surface area contributed by atoms with Gasteiger partial charge in [0.2, 0.25) is 0 Å². The van der Waals surface area contributed by atoms with Crippen molar-refractivity contribution in [2.45, 2.75) is 18.8 Å². The number of aryl methyl sites for hydroxylation is 2. The van der Waals surface area contributed by atoms with E-state index in [2.05, 4.69) is 21.0 Å². The van der Waals surface area contributed by atoms with Crippen LogP contribution in [0.25, 0.3) is 0 Å². The fraction of sp³-hybridized carbons (Fsp3) is 0.286. The van der Waals surface area contributed by atoms with Crippen LogP contribution in [0.4, 0.5) is 0 Å². The highest BCUT2D eigenvalue weighted by atomic mass is 79.9. The fourth-order valence-corrected chi connectivity index (χ4v) is 2.67. The van der Waals surface area contributed by atoms with Gasteiger partial charge in [0.05, 0.1) is 5.92 Å². The zero-order valence-corrected chi connectivity index (χ0v) is 12.2. The van der Waals surface area contributed by atoms with Crippen LogP contribution in [-0.4, -0.2) is 20.9 Å². The Morgan fingerprint density at radius 2 is 2.16 bits per heavy atom. The van der Waals surface area contributed by atoms with Crippen molar-refractivity contribution < 1.29 is 9.90 Å². The standard InChI is InChI=1S/C14H15BrN2O2/c1-17-10(8-9-16-17)6-7-12(14(18)19)11-4-2-3-5-13(11)15/h2-5,8-9,12H,6-7H2,1H3,(H,18,19). The van der Waals surface area contributed by atoms with E-state index in [0.29, 0.717) is 12.8 Å². The molecule has 0 fully saturated rings. The number of carbonyl (C=O) groups is 1. The summed E-state index contributed by atoms with van der Waals surface area (Å²) >= 11 is 3.42. The number of carboxylic acids is 1. The third-order valence-electron chi connectivity index (χ3n) is 3.19. The molecule has 1 atom stereocenters. The molecule has 100 valence electrons. The first-order chi connectivity index (χ1) is 9.09. The van der Waals surface area contributed by atoms with E-state index in [1.165, 1.54) is 0 Å². The topological polar surface area (TPSA) is 55.1 Å². The molecule has 5 heteroatoms. The second-order valence-electron chi connectivity index (χ2n) is 4.40. The summed E-state index contributed by atoms with van der Waals surface area (Å²) in [5.74, 6) is -1.31. The summed E-state index contributed by atoms with van der Waals surface area (Å²) in [4.78, 5) is 11.5. The number of carboxylic acid groups (broad SMARTS) is 1. The lowest BCUT2D eigenvalue weighted by Gasteiger charge is -2.14. The summed E-state index contributed by atoms with van der Waals surface area (Å²) in [7, 11) is 1.86. The molecule has 4 nitrogen and oxygen atoms in total. The van der Waals surface area contributed by atoms with Gasteiger partial charge in [0.15, 0.2) is 0 Å². The van der Waals surface area contributed by atoms with Crippen molar-refractivity contribution in [2.75, 3.05) is 0 Å². The van der Waals surface area contributed by atoms with E-state index >= 15 is 0 Å². The van der Waals surface area contributed by atoms with Gasteiger partial charge in [-0.15, -0.1) is 0 Å². The largest absolute Gasteiger partial charge is 0.481 e. The molecule has 0 amide bonds. The van der Waals surface area contributed by atoms with Crippen molar-refractivity contribution in [3.8, 4) is 0 Å². The molecule has 0 aliphatic rings. The van der Waals surface area contributed by atoms with E-state index in [1.54, 1.807) is 10.9 Å². The van der Waals surface area contributed by atoms with E-state index in [4.69, 9.17) is 0 Å². The number of benzene rings is 1. The Bertz CT molecular complexity index is 580. The quantitative estimate of drug-likeness (QED) is 0.920. The van der Waals surface area contributed by atoms with Gasteiger partial charge in [-0.2, -0.15) is 5.10 Å². The third-order valence-corrected chi connectivity index (χ3v) is 3.91. The maximum absolute atomic E-state index is 11.5. The monoisotopic (exact) mass is 322 g/mol. The van der Waals surface area contributed by atoms with E-state index < -0.39 is 11.9 Å². The third kappa shape index (κ3) is 3.23. The molecule has 0 bridgehead atoms. The molecule has 1 unspecified atom stereocenters. The lowest BCUT2D eigenvalue weighted by molar-refractivity contribution is -0.139. The zero-order chi connectivity index (χ0) is 13.8. The van der Waals surface area contributed by atoms with Crippen LogP contribution in [0, 0.1) is 0 Å². The molecular weight excluding hydrogens is 308 g/mol. The molecule has 0 aliphatic carbocycles. The number of hydrogen-bond acceptors (Lipinski definition) is 2. The minimum Gasteiger partial charge on any atom is -0.481 e. The second-order valence-corrected chi connectivity index (χ2v) is 5.25. The minimum absolute atomic E-state index is 0.509. The van der Waals surface area contributed by atoms with Crippen LogP contribution < -0.4 is 0 Å². The van der Waals surface area contributed by atoms with Crippen LogP contribution >= 0.6 is 15.9 Å². The molecule has 1 aromatic carbocycles. The van der Waals surface area contributed by atoms with Crippen LogP contribution in [0.3, 0.4) is 0 Å². The predicted octanol–water partition coefficient (Wildman–Crippen LogP) is 2.98. The minimum atomic E-state index is -0.797. The zero-order valence-electron chi connectivity index (χ0n) is 10.6. The average molecular weight is 323 g/mol. The highest BCUT2D eigenvalue weighted by Gasteiger charge is 2.22. The number of aliphatic carboxylic acids is 1. The van der Waals surface area contributed by atoms with Gasteiger partial charge in [0.1, 0.15) is 0 Å². The molecule has 0 saturated carbocycles. The number of rotatable bonds is 5. The lowest BCUT2D eigenvalue weighted by atomic mass is 9.93. The van der Waals surface area contributed by atoms with Crippen molar-refractivity contribution in [1.82, 2.24) is 9.78 Å². The Hall–Kier alpha value is -1.62. The summed E-state index contributed by atoms with van der Waals surface area (Å²) in [5.41, 5.74) is 1.86. The van der Waals surface area contributed by atoms with Crippen molar-refractivity contribution in [2.24, 2.45) is 7.05 Å². The first-order valence-corrected chi connectivity index (χ1v) is 6.83. The average Bonchev–Trinajstić information content (AvgIpc) is 2.77. The summed E-state index contributed by atoms with van der Waals surface area (Å²) in [5, 5.41) is 13.5. The van der Waals surface area contributed by atoms with E-state index in [1.807, 2.05) is 37.4 Å². The lowest BCUT2D eigenvalue weighted by Crippen LogP contribution is -2.14. The smallest absolute Gasteiger partial charge is 0.311 e. The highest BCUT2D eigenvalue weighted by molar-refractivity contribution is 9.10. The van der Waals surface area contributed by atoms with Gasteiger partial charge in [-0.05, 0) is 30.5 Å². The van der Waals surface area contributed by atoms with Crippen LogP contribution in [0.2, 0.25) is 0 Å². The Labute approximate surface area is 120 Å². The van der Waals surface area contributed by atoms with Crippen LogP contribution in [0.15, 0.2) is 41.0 Å². The predicted molar refractivity (Wildman–Crippen MR) is 76.0 cm³/mol. The number of nitrogens with zero attached hydrogens (tertiary/aromatic N) is 2. The molecule has 0 radical (unpaired) electrons. The van der Waals surface area contributed by atoms with Gasteiger partial charge < -0.3 is 5.11 Å². The number of hydrogen-bond donors (Lipinski definition) is 1. The molecule has 1 aromatic heterocycles. The SMILES string of the molecule is Cn1nccc1CCC(C(=O)O)c1ccccc1Br.